The zero-order valence-corrected chi connectivity index (χ0v) is 16.6. The number of para-hydroxylation sites is 1. The maximum absolute atomic E-state index is 12.9. The maximum Gasteiger partial charge on any atom is 0.261 e. The highest BCUT2D eigenvalue weighted by Crippen LogP contribution is 2.23. The van der Waals surface area contributed by atoms with Gasteiger partial charge in [0.15, 0.2) is 0 Å². The molecule has 1 atom stereocenters. The molecule has 1 heterocycles. The lowest BCUT2D eigenvalue weighted by atomic mass is 10.1. The van der Waals surface area contributed by atoms with E-state index in [4.69, 9.17) is 4.74 Å². The lowest BCUT2D eigenvalue weighted by molar-refractivity contribution is 0.0858. The third-order valence-electron chi connectivity index (χ3n) is 4.96. The fraction of sp³-hybridized carbons (Fsp3) is 0.227. The van der Waals surface area contributed by atoms with Gasteiger partial charge in [0.1, 0.15) is 0 Å². The van der Waals surface area contributed by atoms with Crippen molar-refractivity contribution in [1.29, 1.82) is 0 Å². The Bertz CT molecular complexity index is 1140. The summed E-state index contributed by atoms with van der Waals surface area (Å²) in [6.07, 6.45) is 1.92. The van der Waals surface area contributed by atoms with Crippen LogP contribution >= 0.6 is 0 Å². The predicted octanol–water partition coefficient (Wildman–Crippen LogP) is 3.55. The van der Waals surface area contributed by atoms with Gasteiger partial charge in [0.2, 0.25) is 0 Å². The van der Waals surface area contributed by atoms with Crippen molar-refractivity contribution in [2.45, 2.75) is 23.8 Å². The quantitative estimate of drug-likeness (QED) is 0.651. The van der Waals surface area contributed by atoms with Crippen LogP contribution in [0.4, 0.5) is 5.69 Å². The van der Waals surface area contributed by atoms with Crippen molar-refractivity contribution in [1.82, 2.24) is 5.32 Å². The standard InChI is InChI=1S/C22H22N2O4S/c25-22(23-15-18-8-5-13-28-18)20-9-3-4-10-21(20)24-29(26,27)19-12-11-16-6-1-2-7-17(16)14-19/h1-4,6-7,9-12,14,18,24H,5,8,13,15H2,(H,23,25)/t18-/m1/s1. The van der Waals surface area contributed by atoms with Gasteiger partial charge >= 0.3 is 0 Å². The van der Waals surface area contributed by atoms with Crippen LogP contribution in [0.15, 0.2) is 71.6 Å². The summed E-state index contributed by atoms with van der Waals surface area (Å²) < 4.78 is 33.9. The Hall–Kier alpha value is -2.90. The maximum atomic E-state index is 12.9. The van der Waals surface area contributed by atoms with Gasteiger partial charge in [0.25, 0.3) is 15.9 Å². The molecule has 0 radical (unpaired) electrons. The predicted molar refractivity (Wildman–Crippen MR) is 113 cm³/mol. The van der Waals surface area contributed by atoms with E-state index in [2.05, 4.69) is 10.0 Å². The SMILES string of the molecule is O=C(NC[C@H]1CCCO1)c1ccccc1NS(=O)(=O)c1ccc2ccccc2c1. The number of benzene rings is 3. The number of sulfonamides is 1. The van der Waals surface area contributed by atoms with Gasteiger partial charge in [-0.1, -0.05) is 42.5 Å². The van der Waals surface area contributed by atoms with Crippen LogP contribution in [0.3, 0.4) is 0 Å². The average molecular weight is 410 g/mol. The first-order valence-electron chi connectivity index (χ1n) is 9.53. The molecule has 2 N–H and O–H groups in total. The molecule has 1 amide bonds. The van der Waals surface area contributed by atoms with Gasteiger partial charge in [-0.3, -0.25) is 9.52 Å². The second-order valence-corrected chi connectivity index (χ2v) is 8.69. The summed E-state index contributed by atoms with van der Waals surface area (Å²) in [4.78, 5) is 12.8. The number of nitrogens with one attached hydrogen (secondary N) is 2. The van der Waals surface area contributed by atoms with Crippen LogP contribution in [0.1, 0.15) is 23.2 Å². The van der Waals surface area contributed by atoms with E-state index in [0.717, 1.165) is 23.6 Å². The summed E-state index contributed by atoms with van der Waals surface area (Å²) in [7, 11) is -3.85. The average Bonchev–Trinajstić information content (AvgIpc) is 3.25. The molecule has 7 heteroatoms. The summed E-state index contributed by atoms with van der Waals surface area (Å²) in [6.45, 7) is 1.12. The lowest BCUT2D eigenvalue weighted by Gasteiger charge is -2.15. The number of amides is 1. The zero-order valence-electron chi connectivity index (χ0n) is 15.8. The molecule has 1 saturated heterocycles. The Labute approximate surface area is 169 Å². The van der Waals surface area contributed by atoms with Gasteiger partial charge in [-0.25, -0.2) is 8.42 Å². The van der Waals surface area contributed by atoms with Gasteiger partial charge in [-0.2, -0.15) is 0 Å². The number of rotatable bonds is 6. The van der Waals surface area contributed by atoms with E-state index in [9.17, 15) is 13.2 Å². The number of anilines is 1. The number of fused-ring (bicyclic) bond motifs is 1. The Morgan fingerprint density at radius 1 is 1.00 bits per heavy atom. The molecular formula is C22H22N2O4S. The summed E-state index contributed by atoms with van der Waals surface area (Å²) in [5.74, 6) is -0.336. The van der Waals surface area contributed by atoms with Crippen molar-refractivity contribution < 1.29 is 17.9 Å². The fourth-order valence-electron chi connectivity index (χ4n) is 3.42. The molecule has 0 bridgehead atoms. The third-order valence-corrected chi connectivity index (χ3v) is 6.32. The summed E-state index contributed by atoms with van der Waals surface area (Å²) in [5.41, 5.74) is 0.514. The molecule has 0 aliphatic carbocycles. The minimum atomic E-state index is -3.85. The van der Waals surface area contributed by atoms with Crippen LogP contribution < -0.4 is 10.0 Å². The van der Waals surface area contributed by atoms with Gasteiger partial charge in [-0.15, -0.1) is 0 Å². The topological polar surface area (TPSA) is 84.5 Å². The number of carbonyl (C=O) groups is 1. The first-order valence-corrected chi connectivity index (χ1v) is 11.0. The van der Waals surface area contributed by atoms with Crippen LogP contribution in [-0.4, -0.2) is 33.6 Å². The van der Waals surface area contributed by atoms with E-state index in [1.54, 1.807) is 42.5 Å². The largest absolute Gasteiger partial charge is 0.376 e. The van der Waals surface area contributed by atoms with Crippen LogP contribution in [0.5, 0.6) is 0 Å². The van der Waals surface area contributed by atoms with Gasteiger partial charge in [0.05, 0.1) is 22.3 Å². The van der Waals surface area contributed by atoms with Crippen molar-refractivity contribution in [2.75, 3.05) is 17.9 Å². The van der Waals surface area contributed by atoms with E-state index < -0.39 is 10.0 Å². The van der Waals surface area contributed by atoms with Crippen LogP contribution in [0, 0.1) is 0 Å². The number of ether oxygens (including phenoxy) is 1. The highest BCUT2D eigenvalue weighted by atomic mass is 32.2. The minimum Gasteiger partial charge on any atom is -0.376 e. The molecule has 150 valence electrons. The summed E-state index contributed by atoms with van der Waals surface area (Å²) in [5, 5.41) is 4.62. The normalized spacial score (nSPS) is 16.6. The number of hydrogen-bond donors (Lipinski definition) is 2. The Balaban J connectivity index is 1.55. The van der Waals surface area contributed by atoms with Crippen molar-refractivity contribution in [2.24, 2.45) is 0 Å². The molecule has 1 aliphatic heterocycles. The third kappa shape index (κ3) is 4.41. The van der Waals surface area contributed by atoms with Crippen LogP contribution in [0.2, 0.25) is 0 Å². The molecule has 29 heavy (non-hydrogen) atoms. The van der Waals surface area contributed by atoms with Gasteiger partial charge in [0, 0.05) is 13.2 Å². The van der Waals surface area contributed by atoms with Crippen LogP contribution in [-0.2, 0) is 14.8 Å². The fourth-order valence-corrected chi connectivity index (χ4v) is 4.53. The second-order valence-electron chi connectivity index (χ2n) is 7.01. The van der Waals surface area contributed by atoms with E-state index in [-0.39, 0.29) is 28.2 Å². The molecule has 0 unspecified atom stereocenters. The number of carbonyl (C=O) groups excluding carboxylic acids is 1. The Morgan fingerprint density at radius 2 is 1.76 bits per heavy atom. The van der Waals surface area contributed by atoms with Gasteiger partial charge in [-0.05, 0) is 47.9 Å². The molecule has 0 spiro atoms. The monoisotopic (exact) mass is 410 g/mol. The van der Waals surface area contributed by atoms with Crippen molar-refractivity contribution in [3.05, 3.63) is 72.3 Å². The highest BCUT2D eigenvalue weighted by molar-refractivity contribution is 7.92. The van der Waals surface area contributed by atoms with E-state index in [1.807, 2.05) is 24.3 Å². The molecule has 0 aromatic heterocycles. The molecule has 4 rings (SSSR count). The lowest BCUT2D eigenvalue weighted by Crippen LogP contribution is -2.32. The smallest absolute Gasteiger partial charge is 0.261 e. The molecule has 6 nitrogen and oxygen atoms in total. The highest BCUT2D eigenvalue weighted by Gasteiger charge is 2.21. The van der Waals surface area contributed by atoms with Crippen LogP contribution in [0.25, 0.3) is 10.8 Å². The summed E-state index contributed by atoms with van der Waals surface area (Å²) >= 11 is 0. The Kier molecular flexibility index (Phi) is 5.51. The van der Waals surface area contributed by atoms with Crippen molar-refractivity contribution >= 4 is 32.4 Å². The van der Waals surface area contributed by atoms with Crippen molar-refractivity contribution in [3.8, 4) is 0 Å². The molecule has 3 aromatic carbocycles. The molecule has 1 aliphatic rings. The zero-order chi connectivity index (χ0) is 20.3. The van der Waals surface area contributed by atoms with E-state index in [1.165, 1.54) is 0 Å². The summed E-state index contributed by atoms with van der Waals surface area (Å²) in [6, 6.07) is 19.1. The van der Waals surface area contributed by atoms with Crippen molar-refractivity contribution in [3.63, 3.8) is 0 Å². The molecular weight excluding hydrogens is 388 g/mol. The van der Waals surface area contributed by atoms with E-state index >= 15 is 0 Å². The molecule has 1 fully saturated rings. The van der Waals surface area contributed by atoms with Gasteiger partial charge < -0.3 is 10.1 Å². The second kappa shape index (κ2) is 8.23. The minimum absolute atomic E-state index is 0.0143. The number of hydrogen-bond acceptors (Lipinski definition) is 4. The Morgan fingerprint density at radius 3 is 2.55 bits per heavy atom. The first-order chi connectivity index (χ1) is 14.0. The molecule has 0 saturated carbocycles. The van der Waals surface area contributed by atoms with E-state index in [0.29, 0.717) is 13.2 Å². The first kappa shape index (κ1) is 19.4. The molecule has 3 aromatic rings.